The van der Waals surface area contributed by atoms with Gasteiger partial charge in [0.2, 0.25) is 10.0 Å². The number of hydrogen-bond donors (Lipinski definition) is 1. The van der Waals surface area contributed by atoms with Crippen LogP contribution in [0.4, 0.5) is 18.9 Å². The maximum absolute atomic E-state index is 14.9. The van der Waals surface area contributed by atoms with Gasteiger partial charge in [0.1, 0.15) is 28.2 Å². The van der Waals surface area contributed by atoms with Gasteiger partial charge in [0, 0.05) is 37.2 Å². The van der Waals surface area contributed by atoms with Gasteiger partial charge in [0.15, 0.2) is 0 Å². The Morgan fingerprint density at radius 1 is 0.977 bits per heavy atom. The molecule has 1 N–H and O–H groups in total. The van der Waals surface area contributed by atoms with Crippen molar-refractivity contribution >= 4 is 37.1 Å². The molecule has 0 unspecified atom stereocenters. The predicted molar refractivity (Wildman–Crippen MR) is 163 cm³/mol. The molecule has 0 aliphatic carbocycles. The molecule has 0 saturated carbocycles. The number of thiazole rings is 1. The SMILES string of the molecule is CC(C)c1nc(-c2ccc(F)c(NS(=O)(=O)c3cc(F)ccc3F)c2)c(-c2ccnc(CC3CCN(S(C)(=O)=O)CC3)n2)s1. The van der Waals surface area contributed by atoms with Gasteiger partial charge in [-0.3, -0.25) is 4.72 Å². The zero-order chi connectivity index (χ0) is 31.8. The van der Waals surface area contributed by atoms with Crippen LogP contribution in [-0.2, 0) is 26.5 Å². The lowest BCUT2D eigenvalue weighted by molar-refractivity contribution is 0.271. The first-order valence-corrected chi connectivity index (χ1v) is 17.9. The molecule has 1 aliphatic heterocycles. The normalized spacial score (nSPS) is 15.2. The highest BCUT2D eigenvalue weighted by Gasteiger charge is 2.27. The van der Waals surface area contributed by atoms with Crippen LogP contribution in [0.1, 0.15) is 43.4 Å². The second kappa shape index (κ2) is 12.5. The number of benzene rings is 2. The van der Waals surface area contributed by atoms with E-state index in [2.05, 4.69) is 4.98 Å². The monoisotopic (exact) mass is 665 g/mol. The summed E-state index contributed by atoms with van der Waals surface area (Å²) in [4.78, 5) is 13.7. The lowest BCUT2D eigenvalue weighted by Gasteiger charge is -2.29. The zero-order valence-corrected chi connectivity index (χ0v) is 26.5. The Kier molecular flexibility index (Phi) is 9.12. The molecule has 0 bridgehead atoms. The van der Waals surface area contributed by atoms with Crippen LogP contribution in [0.3, 0.4) is 0 Å². The highest BCUT2D eigenvalue weighted by molar-refractivity contribution is 7.92. The Balaban J connectivity index is 1.46. The number of piperidine rings is 1. The summed E-state index contributed by atoms with van der Waals surface area (Å²) in [6.07, 6.45) is 4.80. The van der Waals surface area contributed by atoms with Gasteiger partial charge in [-0.1, -0.05) is 13.8 Å². The quantitative estimate of drug-likeness (QED) is 0.239. The van der Waals surface area contributed by atoms with Gasteiger partial charge >= 0.3 is 0 Å². The first-order valence-electron chi connectivity index (χ1n) is 13.8. The molecule has 0 amide bonds. The summed E-state index contributed by atoms with van der Waals surface area (Å²) >= 11 is 1.40. The fourth-order valence-corrected chi connectivity index (χ4v) is 8.00. The van der Waals surface area contributed by atoms with Crippen LogP contribution in [0.2, 0.25) is 0 Å². The van der Waals surface area contributed by atoms with Crippen molar-refractivity contribution in [1.82, 2.24) is 19.3 Å². The molecule has 9 nitrogen and oxygen atoms in total. The van der Waals surface area contributed by atoms with Gasteiger partial charge in [-0.15, -0.1) is 11.3 Å². The van der Waals surface area contributed by atoms with Crippen molar-refractivity contribution in [1.29, 1.82) is 0 Å². The molecule has 0 atom stereocenters. The summed E-state index contributed by atoms with van der Waals surface area (Å²) in [5.41, 5.74) is 0.953. The van der Waals surface area contributed by atoms with E-state index in [0.717, 1.165) is 17.1 Å². The van der Waals surface area contributed by atoms with Crippen molar-refractivity contribution in [2.24, 2.45) is 5.92 Å². The number of rotatable bonds is 9. The highest BCUT2D eigenvalue weighted by atomic mass is 32.2. The van der Waals surface area contributed by atoms with E-state index in [1.807, 2.05) is 18.6 Å². The first-order chi connectivity index (χ1) is 20.7. The molecule has 4 aromatic rings. The molecule has 2 aromatic heterocycles. The minimum atomic E-state index is -4.67. The van der Waals surface area contributed by atoms with E-state index in [0.29, 0.717) is 72.1 Å². The van der Waals surface area contributed by atoms with Crippen molar-refractivity contribution in [2.75, 3.05) is 24.1 Å². The van der Waals surface area contributed by atoms with Crippen LogP contribution in [0, 0.1) is 23.4 Å². The van der Waals surface area contributed by atoms with Crippen molar-refractivity contribution in [3.8, 4) is 21.8 Å². The predicted octanol–water partition coefficient (Wildman–Crippen LogP) is 5.82. The van der Waals surface area contributed by atoms with E-state index in [4.69, 9.17) is 9.97 Å². The molecule has 1 aliphatic rings. The number of halogens is 3. The van der Waals surface area contributed by atoms with Crippen molar-refractivity contribution in [3.63, 3.8) is 0 Å². The Labute approximate surface area is 258 Å². The number of sulfonamides is 2. The van der Waals surface area contributed by atoms with E-state index in [1.54, 1.807) is 12.3 Å². The van der Waals surface area contributed by atoms with Gasteiger partial charge in [-0.05, 0) is 61.2 Å². The molecule has 15 heteroatoms. The third-order valence-corrected chi connectivity index (χ3v) is 11.3. The standard InChI is InChI=1S/C29H30F3N5O4S3/c1-17(2)29-35-27(19-4-6-21(31)24(15-19)36-44(40,41)25-16-20(30)5-7-22(25)32)28(42-29)23-8-11-33-26(34-23)14-18-9-12-37(13-10-18)43(3,38)39/h4-8,11,15-18,36H,9-10,12-14H2,1-3H3. The summed E-state index contributed by atoms with van der Waals surface area (Å²) in [5.74, 6) is -2.21. The Hall–Kier alpha value is -3.40. The number of nitrogens with zero attached hydrogens (tertiary/aromatic N) is 4. The van der Waals surface area contributed by atoms with Crippen LogP contribution < -0.4 is 4.72 Å². The molecule has 2 aromatic carbocycles. The number of anilines is 1. The summed E-state index contributed by atoms with van der Waals surface area (Å²) in [6, 6.07) is 7.50. The molecular formula is C29H30F3N5O4S3. The third kappa shape index (κ3) is 7.11. The van der Waals surface area contributed by atoms with Crippen LogP contribution in [0.25, 0.3) is 21.8 Å². The van der Waals surface area contributed by atoms with Gasteiger partial charge in [0.05, 0.1) is 33.2 Å². The molecule has 0 spiro atoms. The summed E-state index contributed by atoms with van der Waals surface area (Å²) in [5, 5.41) is 0.775. The van der Waals surface area contributed by atoms with Crippen molar-refractivity contribution in [2.45, 2.75) is 43.9 Å². The van der Waals surface area contributed by atoms with Crippen LogP contribution in [-0.4, -0.2) is 55.4 Å². The number of hydrogen-bond acceptors (Lipinski definition) is 8. The smallest absolute Gasteiger partial charge is 0.265 e. The third-order valence-electron chi connectivity index (χ3n) is 7.26. The molecule has 44 heavy (non-hydrogen) atoms. The average Bonchev–Trinajstić information content (AvgIpc) is 3.41. The topological polar surface area (TPSA) is 122 Å². The molecule has 1 saturated heterocycles. The highest BCUT2D eigenvalue weighted by Crippen LogP contribution is 2.40. The van der Waals surface area contributed by atoms with Crippen LogP contribution >= 0.6 is 11.3 Å². The Morgan fingerprint density at radius 3 is 2.36 bits per heavy atom. The Morgan fingerprint density at radius 2 is 1.68 bits per heavy atom. The fourth-order valence-electron chi connectivity index (χ4n) is 4.91. The van der Waals surface area contributed by atoms with E-state index >= 15 is 0 Å². The van der Waals surface area contributed by atoms with Gasteiger partial charge in [0.25, 0.3) is 10.0 Å². The number of aromatic nitrogens is 3. The van der Waals surface area contributed by atoms with Crippen LogP contribution in [0.5, 0.6) is 0 Å². The Bertz CT molecular complexity index is 1910. The lowest BCUT2D eigenvalue weighted by atomic mass is 9.94. The van der Waals surface area contributed by atoms with Crippen molar-refractivity contribution in [3.05, 3.63) is 76.9 Å². The second-order valence-electron chi connectivity index (χ2n) is 10.9. The minimum Gasteiger partial charge on any atom is -0.277 e. The second-order valence-corrected chi connectivity index (χ2v) is 15.6. The van der Waals surface area contributed by atoms with E-state index in [1.165, 1.54) is 34.0 Å². The summed E-state index contributed by atoms with van der Waals surface area (Å²) in [7, 11) is -7.90. The molecule has 234 valence electrons. The fraction of sp³-hybridized carbons (Fsp3) is 0.345. The lowest BCUT2D eigenvalue weighted by Crippen LogP contribution is -2.38. The van der Waals surface area contributed by atoms with Gasteiger partial charge in [-0.2, -0.15) is 0 Å². The van der Waals surface area contributed by atoms with Gasteiger partial charge in [-0.25, -0.2) is 49.3 Å². The van der Waals surface area contributed by atoms with E-state index in [9.17, 15) is 30.0 Å². The maximum Gasteiger partial charge on any atom is 0.265 e. The zero-order valence-electron chi connectivity index (χ0n) is 24.1. The molecular weight excluding hydrogens is 636 g/mol. The largest absolute Gasteiger partial charge is 0.277 e. The summed E-state index contributed by atoms with van der Waals surface area (Å²) < 4.78 is 95.8. The van der Waals surface area contributed by atoms with Gasteiger partial charge < -0.3 is 0 Å². The molecule has 1 fully saturated rings. The number of nitrogens with one attached hydrogen (secondary N) is 1. The molecule has 3 heterocycles. The van der Waals surface area contributed by atoms with Crippen molar-refractivity contribution < 1.29 is 30.0 Å². The van der Waals surface area contributed by atoms with E-state index in [-0.39, 0.29) is 11.8 Å². The van der Waals surface area contributed by atoms with Crippen LogP contribution in [0.15, 0.2) is 53.6 Å². The average molecular weight is 666 g/mol. The summed E-state index contributed by atoms with van der Waals surface area (Å²) in [6.45, 7) is 4.84. The maximum atomic E-state index is 14.9. The van der Waals surface area contributed by atoms with E-state index < -0.39 is 48.1 Å². The first kappa shape index (κ1) is 32.0. The molecule has 5 rings (SSSR count). The molecule has 0 radical (unpaired) electrons. The minimum absolute atomic E-state index is 0.0446.